The van der Waals surface area contributed by atoms with Gasteiger partial charge in [0.1, 0.15) is 23.4 Å². The summed E-state index contributed by atoms with van der Waals surface area (Å²) in [5.74, 6) is 2.00. The zero-order valence-corrected chi connectivity index (χ0v) is 14.5. The Kier molecular flexibility index (Phi) is 6.20. The molecule has 1 amide bonds. The fraction of sp³-hybridized carbons (Fsp3) is 0.412. The largest absolute Gasteiger partial charge is 0.497 e. The molecule has 0 aliphatic carbocycles. The molecule has 2 N–H and O–H groups in total. The van der Waals surface area contributed by atoms with E-state index < -0.39 is 6.04 Å². The van der Waals surface area contributed by atoms with Crippen LogP contribution in [0, 0.1) is 0 Å². The Labute approximate surface area is 142 Å². The van der Waals surface area contributed by atoms with Gasteiger partial charge in [0.2, 0.25) is 5.91 Å². The Bertz CT molecular complexity index is 662. The molecular formula is C17H24N4O3. The maximum absolute atomic E-state index is 12.3. The van der Waals surface area contributed by atoms with Crippen LogP contribution in [0.5, 0.6) is 11.5 Å². The highest BCUT2D eigenvalue weighted by Crippen LogP contribution is 2.29. The van der Waals surface area contributed by atoms with Gasteiger partial charge in [-0.05, 0) is 24.7 Å². The average Bonchev–Trinajstić information content (AvgIpc) is 3.02. The van der Waals surface area contributed by atoms with Gasteiger partial charge >= 0.3 is 0 Å². The monoisotopic (exact) mass is 332 g/mol. The Morgan fingerprint density at radius 1 is 1.25 bits per heavy atom. The summed E-state index contributed by atoms with van der Waals surface area (Å²) in [6.07, 6.45) is 3.94. The lowest BCUT2D eigenvalue weighted by Crippen LogP contribution is -2.32. The van der Waals surface area contributed by atoms with Gasteiger partial charge < -0.3 is 24.7 Å². The SMILES string of the molecule is CNCCC(=O)NC(c1cc(OC)cc(OC)c1)c1nccn1C. The summed E-state index contributed by atoms with van der Waals surface area (Å²) in [6.45, 7) is 0.612. The summed E-state index contributed by atoms with van der Waals surface area (Å²) in [5.41, 5.74) is 0.846. The van der Waals surface area contributed by atoms with Crippen molar-refractivity contribution in [3.63, 3.8) is 0 Å². The molecule has 2 aromatic rings. The van der Waals surface area contributed by atoms with Crippen LogP contribution in [0.25, 0.3) is 0 Å². The molecule has 0 radical (unpaired) electrons. The maximum Gasteiger partial charge on any atom is 0.222 e. The zero-order valence-electron chi connectivity index (χ0n) is 14.5. The van der Waals surface area contributed by atoms with Crippen LogP contribution in [0.15, 0.2) is 30.6 Å². The van der Waals surface area contributed by atoms with Gasteiger partial charge in [-0.25, -0.2) is 4.98 Å². The van der Waals surface area contributed by atoms with E-state index in [1.807, 2.05) is 37.0 Å². The first-order valence-electron chi connectivity index (χ1n) is 7.73. The predicted molar refractivity (Wildman–Crippen MR) is 91.3 cm³/mol. The lowest BCUT2D eigenvalue weighted by Gasteiger charge is -2.20. The number of rotatable bonds is 8. The van der Waals surface area contributed by atoms with Crippen LogP contribution in [-0.2, 0) is 11.8 Å². The smallest absolute Gasteiger partial charge is 0.222 e. The molecule has 0 spiro atoms. The second kappa shape index (κ2) is 8.35. The van der Waals surface area contributed by atoms with Crippen LogP contribution in [0.2, 0.25) is 0 Å². The van der Waals surface area contributed by atoms with Crippen molar-refractivity contribution in [1.82, 2.24) is 20.2 Å². The number of ether oxygens (including phenoxy) is 2. The Morgan fingerprint density at radius 3 is 2.42 bits per heavy atom. The van der Waals surface area contributed by atoms with Crippen molar-refractivity contribution in [2.45, 2.75) is 12.5 Å². The molecule has 7 heteroatoms. The number of imidazole rings is 1. The molecule has 1 unspecified atom stereocenters. The van der Waals surface area contributed by atoms with Crippen molar-refractivity contribution in [2.24, 2.45) is 7.05 Å². The van der Waals surface area contributed by atoms with E-state index in [1.165, 1.54) is 0 Å². The van der Waals surface area contributed by atoms with Crippen LogP contribution in [0.4, 0.5) is 0 Å². The van der Waals surface area contributed by atoms with E-state index in [4.69, 9.17) is 9.47 Å². The molecule has 1 aromatic carbocycles. The Balaban J connectivity index is 2.39. The first-order chi connectivity index (χ1) is 11.6. The molecular weight excluding hydrogens is 308 g/mol. The van der Waals surface area contributed by atoms with Gasteiger partial charge in [-0.1, -0.05) is 0 Å². The van der Waals surface area contributed by atoms with Crippen LogP contribution in [-0.4, -0.2) is 43.3 Å². The predicted octanol–water partition coefficient (Wildman–Crippen LogP) is 1.25. The van der Waals surface area contributed by atoms with E-state index in [1.54, 1.807) is 26.5 Å². The first kappa shape index (κ1) is 17.8. The molecule has 0 saturated carbocycles. The standard InChI is InChI=1S/C17H24N4O3/c1-18-6-5-15(22)20-16(17-19-7-8-21(17)2)12-9-13(23-3)11-14(10-12)24-4/h7-11,16,18H,5-6H2,1-4H3,(H,20,22). The number of carbonyl (C=O) groups is 1. The number of aryl methyl sites for hydroxylation is 1. The van der Waals surface area contributed by atoms with E-state index in [-0.39, 0.29) is 5.91 Å². The minimum atomic E-state index is -0.390. The van der Waals surface area contributed by atoms with Crippen molar-refractivity contribution in [3.05, 3.63) is 42.0 Å². The summed E-state index contributed by atoms with van der Waals surface area (Å²) >= 11 is 0. The fourth-order valence-corrected chi connectivity index (χ4v) is 2.42. The number of amides is 1. The van der Waals surface area contributed by atoms with Crippen molar-refractivity contribution in [1.29, 1.82) is 0 Å². The number of nitrogens with one attached hydrogen (secondary N) is 2. The molecule has 0 aliphatic rings. The minimum absolute atomic E-state index is 0.0564. The number of aromatic nitrogens is 2. The third-order valence-electron chi connectivity index (χ3n) is 3.73. The highest BCUT2D eigenvalue weighted by Gasteiger charge is 2.22. The van der Waals surface area contributed by atoms with Crippen LogP contribution < -0.4 is 20.1 Å². The number of nitrogens with zero attached hydrogens (tertiary/aromatic N) is 2. The van der Waals surface area contributed by atoms with Gasteiger partial charge in [0.25, 0.3) is 0 Å². The topological polar surface area (TPSA) is 77.4 Å². The van der Waals surface area contributed by atoms with Crippen LogP contribution >= 0.6 is 0 Å². The lowest BCUT2D eigenvalue weighted by molar-refractivity contribution is -0.121. The summed E-state index contributed by atoms with van der Waals surface area (Å²) < 4.78 is 12.6. The van der Waals surface area contributed by atoms with Crippen molar-refractivity contribution in [3.8, 4) is 11.5 Å². The van der Waals surface area contributed by atoms with E-state index >= 15 is 0 Å². The number of benzene rings is 1. The number of methoxy groups -OCH3 is 2. The summed E-state index contributed by atoms with van der Waals surface area (Å²) in [7, 11) is 6.91. The summed E-state index contributed by atoms with van der Waals surface area (Å²) in [4.78, 5) is 16.6. The molecule has 0 aliphatic heterocycles. The van der Waals surface area contributed by atoms with Crippen molar-refractivity contribution in [2.75, 3.05) is 27.8 Å². The van der Waals surface area contributed by atoms with Gasteiger partial charge in [-0.3, -0.25) is 4.79 Å². The highest BCUT2D eigenvalue weighted by atomic mass is 16.5. The van der Waals surface area contributed by atoms with E-state index in [2.05, 4.69) is 15.6 Å². The molecule has 0 bridgehead atoms. The normalized spacial score (nSPS) is 11.8. The van der Waals surface area contributed by atoms with Gasteiger partial charge in [0.15, 0.2) is 0 Å². The quantitative estimate of drug-likeness (QED) is 0.761. The van der Waals surface area contributed by atoms with Crippen LogP contribution in [0.3, 0.4) is 0 Å². The molecule has 1 atom stereocenters. The third kappa shape index (κ3) is 4.26. The molecule has 1 aromatic heterocycles. The summed E-state index contributed by atoms with van der Waals surface area (Å²) in [6, 6.07) is 5.15. The second-order valence-electron chi connectivity index (χ2n) is 5.40. The zero-order chi connectivity index (χ0) is 17.5. The van der Waals surface area contributed by atoms with Crippen LogP contribution in [0.1, 0.15) is 23.9 Å². The molecule has 130 valence electrons. The maximum atomic E-state index is 12.3. The van der Waals surface area contributed by atoms with Gasteiger partial charge in [0, 0.05) is 38.5 Å². The molecule has 0 saturated heterocycles. The highest BCUT2D eigenvalue weighted by molar-refractivity contribution is 5.77. The lowest BCUT2D eigenvalue weighted by atomic mass is 10.0. The molecule has 1 heterocycles. The fourth-order valence-electron chi connectivity index (χ4n) is 2.42. The minimum Gasteiger partial charge on any atom is -0.497 e. The third-order valence-corrected chi connectivity index (χ3v) is 3.73. The number of carbonyl (C=O) groups excluding carboxylic acids is 1. The second-order valence-corrected chi connectivity index (χ2v) is 5.40. The molecule has 7 nitrogen and oxygen atoms in total. The number of hydrogen-bond acceptors (Lipinski definition) is 5. The van der Waals surface area contributed by atoms with E-state index in [0.29, 0.717) is 24.5 Å². The van der Waals surface area contributed by atoms with Gasteiger partial charge in [-0.2, -0.15) is 0 Å². The molecule has 2 rings (SSSR count). The van der Waals surface area contributed by atoms with E-state index in [9.17, 15) is 4.79 Å². The van der Waals surface area contributed by atoms with Gasteiger partial charge in [0.05, 0.1) is 14.2 Å². The average molecular weight is 332 g/mol. The first-order valence-corrected chi connectivity index (χ1v) is 7.73. The van der Waals surface area contributed by atoms with Crippen molar-refractivity contribution >= 4 is 5.91 Å². The summed E-state index contributed by atoms with van der Waals surface area (Å²) in [5, 5.41) is 6.01. The van der Waals surface area contributed by atoms with E-state index in [0.717, 1.165) is 11.4 Å². The number of hydrogen-bond donors (Lipinski definition) is 2. The van der Waals surface area contributed by atoms with Crippen molar-refractivity contribution < 1.29 is 14.3 Å². The Morgan fingerprint density at radius 2 is 1.92 bits per heavy atom. The molecule has 24 heavy (non-hydrogen) atoms. The van der Waals surface area contributed by atoms with Gasteiger partial charge in [-0.15, -0.1) is 0 Å². The Hall–Kier alpha value is -2.54. The molecule has 0 fully saturated rings.